The summed E-state index contributed by atoms with van der Waals surface area (Å²) in [5.41, 5.74) is 6.90. The molecule has 0 spiro atoms. The van der Waals surface area contributed by atoms with Crippen LogP contribution in [0.5, 0.6) is 0 Å². The van der Waals surface area contributed by atoms with E-state index < -0.39 is 0 Å². The molecule has 138 valence electrons. The Morgan fingerprint density at radius 1 is 1.42 bits per heavy atom. The predicted octanol–water partition coefficient (Wildman–Crippen LogP) is 3.11. The molecule has 1 aliphatic heterocycles. The largest absolute Gasteiger partial charge is 0.382 e. The second-order valence-electron chi connectivity index (χ2n) is 5.84. The molecular formula is C16H17BrFN5O2S. The third-order valence-electron chi connectivity index (χ3n) is 4.02. The van der Waals surface area contributed by atoms with Gasteiger partial charge < -0.3 is 10.6 Å². The molecule has 2 heterocycles. The van der Waals surface area contributed by atoms with E-state index in [4.69, 9.17) is 10.4 Å². The number of likely N-dealkylation sites (tertiary alicyclic amines) is 1. The second kappa shape index (κ2) is 8.17. The van der Waals surface area contributed by atoms with Gasteiger partial charge in [-0.1, -0.05) is 11.8 Å². The molecule has 0 saturated carbocycles. The lowest BCUT2D eigenvalue weighted by Gasteiger charge is -2.30. The Kier molecular flexibility index (Phi) is 5.92. The van der Waals surface area contributed by atoms with Gasteiger partial charge in [-0.15, -0.1) is 0 Å². The van der Waals surface area contributed by atoms with E-state index in [-0.39, 0.29) is 17.6 Å². The fourth-order valence-electron chi connectivity index (χ4n) is 2.61. The second-order valence-corrected chi connectivity index (χ2v) is 7.98. The number of hydrogen-bond donors (Lipinski definition) is 1. The Hall–Kier alpha value is -1.94. The van der Waals surface area contributed by atoms with Crippen LogP contribution in [0.2, 0.25) is 0 Å². The van der Waals surface area contributed by atoms with Crippen LogP contribution in [0, 0.1) is 5.82 Å². The van der Waals surface area contributed by atoms with E-state index in [1.54, 1.807) is 6.92 Å². The molecule has 0 atom stereocenters. The van der Waals surface area contributed by atoms with Gasteiger partial charge in [0.25, 0.3) is 0 Å². The number of aliphatic imine (C=N–C) groups is 1. The average Bonchev–Trinajstić information content (AvgIpc) is 3.07. The summed E-state index contributed by atoms with van der Waals surface area (Å²) < 4.78 is 18.5. The van der Waals surface area contributed by atoms with E-state index in [9.17, 15) is 9.18 Å². The first kappa shape index (κ1) is 18.8. The number of amides is 1. The quantitative estimate of drug-likeness (QED) is 0.577. The summed E-state index contributed by atoms with van der Waals surface area (Å²) >= 11 is 4.64. The topological polar surface area (TPSA) is 97.6 Å². The van der Waals surface area contributed by atoms with Crippen molar-refractivity contribution in [1.29, 1.82) is 0 Å². The maximum atomic E-state index is 13.3. The number of benzene rings is 1. The van der Waals surface area contributed by atoms with Crippen molar-refractivity contribution in [3.63, 3.8) is 0 Å². The minimum atomic E-state index is -0.376. The van der Waals surface area contributed by atoms with Crippen LogP contribution < -0.4 is 5.73 Å². The summed E-state index contributed by atoms with van der Waals surface area (Å²) in [5, 5.41) is 8.63. The van der Waals surface area contributed by atoms with E-state index in [1.807, 2.05) is 4.90 Å². The van der Waals surface area contributed by atoms with Gasteiger partial charge in [-0.2, -0.15) is 0 Å². The number of rotatable bonds is 4. The number of nitrogens with two attached hydrogens (primary N) is 1. The van der Waals surface area contributed by atoms with Gasteiger partial charge in [-0.25, -0.2) is 14.0 Å². The minimum Gasteiger partial charge on any atom is -0.382 e. The number of aromatic nitrogens is 2. The Balaban J connectivity index is 1.71. The van der Waals surface area contributed by atoms with E-state index in [0.717, 1.165) is 25.9 Å². The molecule has 1 fully saturated rings. The van der Waals surface area contributed by atoms with Crippen molar-refractivity contribution in [2.45, 2.75) is 30.0 Å². The van der Waals surface area contributed by atoms with Gasteiger partial charge in [0.15, 0.2) is 16.6 Å². The number of halogens is 2. The van der Waals surface area contributed by atoms with Crippen LogP contribution in [0.1, 0.15) is 25.5 Å². The molecule has 0 radical (unpaired) electrons. The molecule has 1 saturated heterocycles. The van der Waals surface area contributed by atoms with E-state index in [2.05, 4.69) is 31.2 Å². The highest BCUT2D eigenvalue weighted by Crippen LogP contribution is 2.31. The van der Waals surface area contributed by atoms with Crippen molar-refractivity contribution in [2.75, 3.05) is 13.1 Å². The number of piperidine rings is 1. The SMILES string of the molecule is CC(=O)N1CCC(Sc2nonc2C(N)=Nc2ccc(F)c(Br)c2)CC1. The molecule has 10 heteroatoms. The molecule has 0 aliphatic carbocycles. The number of carbonyl (C=O) groups excluding carboxylic acids is 1. The van der Waals surface area contributed by atoms with Crippen LogP contribution in [-0.2, 0) is 4.79 Å². The number of carbonyl (C=O) groups is 1. The van der Waals surface area contributed by atoms with Gasteiger partial charge in [-0.3, -0.25) is 4.79 Å². The lowest BCUT2D eigenvalue weighted by atomic mass is 10.1. The molecule has 0 unspecified atom stereocenters. The summed E-state index contributed by atoms with van der Waals surface area (Å²) in [5.74, 6) is -0.133. The summed E-state index contributed by atoms with van der Waals surface area (Å²) in [6.07, 6.45) is 1.72. The van der Waals surface area contributed by atoms with Crippen molar-refractivity contribution >= 4 is 45.1 Å². The van der Waals surface area contributed by atoms with E-state index in [0.29, 0.717) is 26.1 Å². The molecular weight excluding hydrogens is 425 g/mol. The maximum absolute atomic E-state index is 13.3. The Morgan fingerprint density at radius 3 is 2.81 bits per heavy atom. The average molecular weight is 442 g/mol. The molecule has 1 aliphatic rings. The minimum absolute atomic E-state index is 0.0964. The predicted molar refractivity (Wildman–Crippen MR) is 99.9 cm³/mol. The van der Waals surface area contributed by atoms with Crippen LogP contribution in [0.3, 0.4) is 0 Å². The molecule has 1 aromatic carbocycles. The van der Waals surface area contributed by atoms with Gasteiger partial charge in [0.2, 0.25) is 5.91 Å². The number of nitrogens with zero attached hydrogens (tertiary/aromatic N) is 4. The van der Waals surface area contributed by atoms with E-state index in [1.165, 1.54) is 30.0 Å². The number of thioether (sulfide) groups is 1. The molecule has 7 nitrogen and oxygen atoms in total. The van der Waals surface area contributed by atoms with Crippen LogP contribution in [0.25, 0.3) is 0 Å². The fourth-order valence-corrected chi connectivity index (χ4v) is 4.07. The van der Waals surface area contributed by atoms with Crippen molar-refractivity contribution in [2.24, 2.45) is 10.7 Å². The zero-order chi connectivity index (χ0) is 18.7. The van der Waals surface area contributed by atoms with Gasteiger partial charge >= 0.3 is 0 Å². The molecule has 0 bridgehead atoms. The van der Waals surface area contributed by atoms with Crippen LogP contribution >= 0.6 is 27.7 Å². The molecule has 3 rings (SSSR count). The third-order valence-corrected chi connectivity index (χ3v) is 5.92. The summed E-state index contributed by atoms with van der Waals surface area (Å²) in [7, 11) is 0. The van der Waals surface area contributed by atoms with Crippen LogP contribution in [0.4, 0.5) is 10.1 Å². The first-order chi connectivity index (χ1) is 12.4. The third kappa shape index (κ3) is 4.42. The highest BCUT2D eigenvalue weighted by Gasteiger charge is 2.25. The van der Waals surface area contributed by atoms with Crippen molar-refractivity contribution in [3.8, 4) is 0 Å². The molecule has 2 N–H and O–H groups in total. The summed E-state index contributed by atoms with van der Waals surface area (Å²) in [4.78, 5) is 17.5. The maximum Gasteiger partial charge on any atom is 0.219 e. The monoisotopic (exact) mass is 441 g/mol. The summed E-state index contributed by atoms with van der Waals surface area (Å²) in [6, 6.07) is 4.35. The van der Waals surface area contributed by atoms with Crippen molar-refractivity contribution in [3.05, 3.63) is 34.2 Å². The number of amidine groups is 1. The number of hydrogen-bond acceptors (Lipinski definition) is 6. The molecule has 1 aromatic heterocycles. The van der Waals surface area contributed by atoms with Gasteiger partial charge in [0, 0.05) is 25.3 Å². The van der Waals surface area contributed by atoms with E-state index >= 15 is 0 Å². The lowest BCUT2D eigenvalue weighted by Crippen LogP contribution is -2.37. The van der Waals surface area contributed by atoms with Crippen LogP contribution in [-0.4, -0.2) is 45.3 Å². The summed E-state index contributed by atoms with van der Waals surface area (Å²) in [6.45, 7) is 3.03. The first-order valence-electron chi connectivity index (χ1n) is 7.98. The zero-order valence-electron chi connectivity index (χ0n) is 14.0. The fraction of sp³-hybridized carbons (Fsp3) is 0.375. The highest BCUT2D eigenvalue weighted by molar-refractivity contribution is 9.10. The Labute approximate surface area is 162 Å². The normalized spacial score (nSPS) is 16.1. The lowest BCUT2D eigenvalue weighted by molar-refractivity contribution is -0.129. The van der Waals surface area contributed by atoms with Crippen LogP contribution in [0.15, 0.2) is 37.3 Å². The first-order valence-corrected chi connectivity index (χ1v) is 9.65. The molecule has 26 heavy (non-hydrogen) atoms. The molecule has 1 amide bonds. The molecule has 2 aromatic rings. The van der Waals surface area contributed by atoms with Gasteiger partial charge in [0.05, 0.1) is 10.2 Å². The Morgan fingerprint density at radius 2 is 2.15 bits per heavy atom. The smallest absolute Gasteiger partial charge is 0.219 e. The Bertz CT molecular complexity index is 836. The van der Waals surface area contributed by atoms with Crippen molar-refractivity contribution in [1.82, 2.24) is 15.2 Å². The van der Waals surface area contributed by atoms with Gasteiger partial charge in [-0.05, 0) is 57.3 Å². The zero-order valence-corrected chi connectivity index (χ0v) is 16.4. The van der Waals surface area contributed by atoms with Gasteiger partial charge in [0.1, 0.15) is 5.82 Å². The van der Waals surface area contributed by atoms with Crippen molar-refractivity contribution < 1.29 is 13.8 Å². The standard InChI is InChI=1S/C16H17BrFN5O2S/c1-9(24)23-6-4-11(5-7-23)26-16-14(21-25-22-16)15(19)20-10-2-3-13(18)12(17)8-10/h2-3,8,11H,4-7H2,1H3,(H2,19,20). The highest BCUT2D eigenvalue weighted by atomic mass is 79.9.